The normalized spacial score (nSPS) is 10.3. The minimum absolute atomic E-state index is 0.0946. The highest BCUT2D eigenvalue weighted by Gasteiger charge is 2.20. The van der Waals surface area contributed by atoms with E-state index in [1.165, 1.54) is 18.2 Å². The Morgan fingerprint density at radius 3 is 2.52 bits per heavy atom. The van der Waals surface area contributed by atoms with Gasteiger partial charge in [-0.3, -0.25) is 14.4 Å². The zero-order chi connectivity index (χ0) is 16.0. The van der Waals surface area contributed by atoms with Gasteiger partial charge in [-0.15, -0.1) is 0 Å². The molecule has 0 aromatic heterocycles. The fourth-order valence-corrected chi connectivity index (χ4v) is 1.69. The Labute approximate surface area is 121 Å². The third-order valence-electron chi connectivity index (χ3n) is 2.74. The van der Waals surface area contributed by atoms with Gasteiger partial charge in [0.25, 0.3) is 5.91 Å². The van der Waals surface area contributed by atoms with Crippen molar-refractivity contribution in [1.29, 1.82) is 0 Å². The van der Waals surface area contributed by atoms with E-state index >= 15 is 0 Å². The zero-order valence-electron chi connectivity index (χ0n) is 11.8. The van der Waals surface area contributed by atoms with E-state index in [2.05, 4.69) is 5.32 Å². The summed E-state index contributed by atoms with van der Waals surface area (Å²) in [5.74, 6) is -2.80. The summed E-state index contributed by atoms with van der Waals surface area (Å²) in [7, 11) is 0. The third-order valence-corrected chi connectivity index (χ3v) is 2.74. The molecule has 0 fully saturated rings. The van der Waals surface area contributed by atoms with Crippen molar-refractivity contribution in [3.63, 3.8) is 0 Å². The minimum atomic E-state index is -1.13. The third kappa shape index (κ3) is 5.21. The molecule has 0 bridgehead atoms. The number of hydrogen-bond donors (Lipinski definition) is 2. The van der Waals surface area contributed by atoms with Crippen molar-refractivity contribution in [2.75, 3.05) is 13.1 Å². The molecule has 0 atom stereocenters. The molecule has 0 aliphatic rings. The Morgan fingerprint density at radius 2 is 2.00 bits per heavy atom. The van der Waals surface area contributed by atoms with E-state index in [-0.39, 0.29) is 18.2 Å². The van der Waals surface area contributed by atoms with E-state index in [1.54, 1.807) is 13.8 Å². The fourth-order valence-electron chi connectivity index (χ4n) is 1.69. The maximum Gasteiger partial charge on any atom is 0.323 e. The molecule has 0 saturated heterocycles. The number of nitrogens with one attached hydrogen (secondary N) is 1. The molecule has 0 radical (unpaired) electrons. The van der Waals surface area contributed by atoms with E-state index in [0.29, 0.717) is 0 Å². The number of carbonyl (C=O) groups is 3. The van der Waals surface area contributed by atoms with E-state index in [9.17, 15) is 18.8 Å². The first kappa shape index (κ1) is 16.6. The van der Waals surface area contributed by atoms with Crippen LogP contribution in [0.15, 0.2) is 24.3 Å². The molecule has 2 N–H and O–H groups in total. The number of carboxylic acids is 1. The van der Waals surface area contributed by atoms with Gasteiger partial charge in [-0.2, -0.15) is 0 Å². The summed E-state index contributed by atoms with van der Waals surface area (Å²) < 4.78 is 13.0. The quantitative estimate of drug-likeness (QED) is 0.815. The molecule has 1 aromatic carbocycles. The summed E-state index contributed by atoms with van der Waals surface area (Å²) in [5.41, 5.74) is 0.0946. The molecule has 0 spiro atoms. The highest BCUT2D eigenvalue weighted by atomic mass is 19.1. The predicted octanol–water partition coefficient (Wildman–Crippen LogP) is 0.877. The van der Waals surface area contributed by atoms with Gasteiger partial charge in [-0.25, -0.2) is 4.39 Å². The molecule has 21 heavy (non-hydrogen) atoms. The number of halogens is 1. The van der Waals surface area contributed by atoms with Crippen LogP contribution in [0.25, 0.3) is 0 Å². The summed E-state index contributed by atoms with van der Waals surface area (Å²) in [4.78, 5) is 35.5. The second kappa shape index (κ2) is 7.37. The van der Waals surface area contributed by atoms with Crippen LogP contribution in [0.2, 0.25) is 0 Å². The molecule has 0 aliphatic heterocycles. The number of benzene rings is 1. The first-order valence-electron chi connectivity index (χ1n) is 6.36. The molecule has 1 rings (SSSR count). The smallest absolute Gasteiger partial charge is 0.323 e. The van der Waals surface area contributed by atoms with Crippen LogP contribution in [0.5, 0.6) is 0 Å². The predicted molar refractivity (Wildman–Crippen MR) is 73.2 cm³/mol. The Balaban J connectivity index is 2.62. The molecule has 6 nitrogen and oxygen atoms in total. The molecule has 114 valence electrons. The SMILES string of the molecule is CC(C)N(CC(=O)O)C(=O)CNC(=O)c1cccc(F)c1. The molecule has 7 heteroatoms. The van der Waals surface area contributed by atoms with Crippen molar-refractivity contribution >= 4 is 17.8 Å². The van der Waals surface area contributed by atoms with Crippen LogP contribution in [0.1, 0.15) is 24.2 Å². The zero-order valence-corrected chi connectivity index (χ0v) is 11.8. The molecular formula is C14H17FN2O4. The van der Waals surface area contributed by atoms with Crippen LogP contribution in [0.3, 0.4) is 0 Å². The lowest BCUT2D eigenvalue weighted by molar-refractivity contribution is -0.145. The van der Waals surface area contributed by atoms with E-state index in [1.807, 2.05) is 0 Å². The Hall–Kier alpha value is -2.44. The average molecular weight is 296 g/mol. The monoisotopic (exact) mass is 296 g/mol. The maximum atomic E-state index is 13.0. The summed E-state index contributed by atoms with van der Waals surface area (Å²) in [5, 5.41) is 11.1. The van der Waals surface area contributed by atoms with Gasteiger partial charge in [0.1, 0.15) is 12.4 Å². The number of carboxylic acid groups (broad SMARTS) is 1. The van der Waals surface area contributed by atoms with Gasteiger partial charge in [0.2, 0.25) is 5.91 Å². The second-order valence-electron chi connectivity index (χ2n) is 4.70. The summed E-state index contributed by atoms with van der Waals surface area (Å²) in [6, 6.07) is 4.75. The lowest BCUT2D eigenvalue weighted by atomic mass is 10.2. The van der Waals surface area contributed by atoms with Crippen LogP contribution >= 0.6 is 0 Å². The minimum Gasteiger partial charge on any atom is -0.480 e. The number of aliphatic carboxylic acids is 1. The van der Waals surface area contributed by atoms with E-state index < -0.39 is 30.1 Å². The number of amides is 2. The van der Waals surface area contributed by atoms with Crippen LogP contribution in [0, 0.1) is 5.82 Å². The summed E-state index contributed by atoms with van der Waals surface area (Å²) >= 11 is 0. The molecule has 0 saturated carbocycles. The highest BCUT2D eigenvalue weighted by Crippen LogP contribution is 2.03. The molecule has 0 heterocycles. The van der Waals surface area contributed by atoms with Crippen LogP contribution < -0.4 is 5.32 Å². The van der Waals surface area contributed by atoms with Crippen molar-refractivity contribution in [2.24, 2.45) is 0 Å². The van der Waals surface area contributed by atoms with Crippen molar-refractivity contribution < 1.29 is 23.9 Å². The maximum absolute atomic E-state index is 13.0. The highest BCUT2D eigenvalue weighted by molar-refractivity contribution is 5.96. The van der Waals surface area contributed by atoms with Crippen molar-refractivity contribution in [2.45, 2.75) is 19.9 Å². The van der Waals surface area contributed by atoms with Gasteiger partial charge in [0.05, 0.1) is 6.54 Å². The topological polar surface area (TPSA) is 86.7 Å². The summed E-state index contributed by atoms with van der Waals surface area (Å²) in [6.45, 7) is 2.57. The van der Waals surface area contributed by atoms with Gasteiger partial charge >= 0.3 is 5.97 Å². The number of nitrogens with zero attached hydrogens (tertiary/aromatic N) is 1. The van der Waals surface area contributed by atoms with E-state index in [4.69, 9.17) is 5.11 Å². The van der Waals surface area contributed by atoms with Crippen molar-refractivity contribution in [3.8, 4) is 0 Å². The molecule has 0 aliphatic carbocycles. The number of hydrogen-bond acceptors (Lipinski definition) is 3. The largest absolute Gasteiger partial charge is 0.480 e. The first-order valence-corrected chi connectivity index (χ1v) is 6.36. The standard InChI is InChI=1S/C14H17FN2O4/c1-9(2)17(8-13(19)20)12(18)7-16-14(21)10-4-3-5-11(15)6-10/h3-6,9H,7-8H2,1-2H3,(H,16,21)(H,19,20). The van der Waals surface area contributed by atoms with Crippen molar-refractivity contribution in [1.82, 2.24) is 10.2 Å². The van der Waals surface area contributed by atoms with Gasteiger partial charge in [-0.1, -0.05) is 6.07 Å². The first-order chi connectivity index (χ1) is 9.81. The lowest BCUT2D eigenvalue weighted by Gasteiger charge is -2.24. The van der Waals surface area contributed by atoms with Crippen LogP contribution in [-0.4, -0.2) is 46.9 Å². The Bertz CT molecular complexity index is 546. The second-order valence-corrected chi connectivity index (χ2v) is 4.70. The summed E-state index contributed by atoms with van der Waals surface area (Å²) in [6.07, 6.45) is 0. The Morgan fingerprint density at radius 1 is 1.33 bits per heavy atom. The van der Waals surface area contributed by atoms with Gasteiger partial charge in [0.15, 0.2) is 0 Å². The lowest BCUT2D eigenvalue weighted by Crippen LogP contribution is -2.45. The van der Waals surface area contributed by atoms with E-state index in [0.717, 1.165) is 11.0 Å². The molecule has 1 aromatic rings. The van der Waals surface area contributed by atoms with Gasteiger partial charge < -0.3 is 15.3 Å². The number of rotatable bonds is 6. The molecule has 2 amide bonds. The number of carbonyl (C=O) groups excluding carboxylic acids is 2. The van der Waals surface area contributed by atoms with Gasteiger partial charge in [-0.05, 0) is 32.0 Å². The fraction of sp³-hybridized carbons (Fsp3) is 0.357. The Kier molecular flexibility index (Phi) is 5.83. The molecular weight excluding hydrogens is 279 g/mol. The van der Waals surface area contributed by atoms with Crippen LogP contribution in [-0.2, 0) is 9.59 Å². The molecule has 0 unspecified atom stereocenters. The van der Waals surface area contributed by atoms with Crippen LogP contribution in [0.4, 0.5) is 4.39 Å². The van der Waals surface area contributed by atoms with Crippen molar-refractivity contribution in [3.05, 3.63) is 35.6 Å². The average Bonchev–Trinajstić information content (AvgIpc) is 2.41. The van der Waals surface area contributed by atoms with Gasteiger partial charge in [0, 0.05) is 11.6 Å².